The molecule has 7 rings (SSSR count). The molecule has 0 unspecified atom stereocenters. The molecule has 7 aromatic rings. The summed E-state index contributed by atoms with van der Waals surface area (Å²) in [6.07, 6.45) is -7.22. The van der Waals surface area contributed by atoms with Gasteiger partial charge in [-0.25, -0.2) is 87.8 Å². The highest BCUT2D eigenvalue weighted by Crippen LogP contribution is 2.31. The molecule has 70 heavy (non-hydrogen) atoms. The van der Waals surface area contributed by atoms with Gasteiger partial charge in [-0.3, -0.25) is 19.7 Å². The molecule has 6 nitrogen and oxygen atoms in total. The van der Waals surface area contributed by atoms with Gasteiger partial charge in [0, 0.05) is 28.0 Å². The third kappa shape index (κ3) is 8.20. The molecule has 0 saturated carbocycles. The monoisotopic (exact) mass is 1010 g/mol. The van der Waals surface area contributed by atoms with Gasteiger partial charge in [-0.1, -0.05) is 42.5 Å². The molecule has 1 aromatic heterocycles. The van der Waals surface area contributed by atoms with Crippen LogP contribution in [0, 0.1) is 126 Å². The molecule has 0 spiro atoms. The van der Waals surface area contributed by atoms with Crippen LogP contribution in [0.4, 0.5) is 87.8 Å². The molecule has 0 amide bonds. The van der Waals surface area contributed by atoms with Crippen LogP contribution >= 0.6 is 0 Å². The van der Waals surface area contributed by atoms with Crippen molar-refractivity contribution in [1.82, 2.24) is 0 Å². The largest absolute Gasteiger partial charge is 0.296 e. The lowest BCUT2D eigenvalue weighted by molar-refractivity contribution is -0.659. The number of ketones is 2. The van der Waals surface area contributed by atoms with E-state index in [1.165, 1.54) is 6.07 Å². The first-order valence-electron chi connectivity index (χ1n) is 18.6. The van der Waals surface area contributed by atoms with Gasteiger partial charge in [0.2, 0.25) is 17.8 Å². The van der Waals surface area contributed by atoms with Crippen LogP contribution < -0.4 is 26.4 Å². The Labute approximate surface area is 374 Å². The molecule has 6 aromatic carbocycles. The van der Waals surface area contributed by atoms with Crippen LogP contribution in [0.3, 0.4) is 0 Å². The number of para-hydroxylation sites is 1. The molecule has 27 heteroatoms. The summed E-state index contributed by atoms with van der Waals surface area (Å²) in [5, 5.41) is 11.6. The number of pyridine rings is 1. The van der Waals surface area contributed by atoms with Crippen molar-refractivity contribution in [2.75, 3.05) is 6.54 Å². The van der Waals surface area contributed by atoms with Crippen molar-refractivity contribution in [3.05, 3.63) is 204 Å². The summed E-state index contributed by atoms with van der Waals surface area (Å²) in [5.74, 6) is -72.2. The van der Waals surface area contributed by atoms with Crippen LogP contribution in [0.15, 0.2) is 66.7 Å². The van der Waals surface area contributed by atoms with Gasteiger partial charge in [-0.15, -0.1) is 21.9 Å². The second-order valence-electron chi connectivity index (χ2n) is 14.4. The number of halogens is 20. The van der Waals surface area contributed by atoms with E-state index < -0.39 is 162 Å². The second-order valence-corrected chi connectivity index (χ2v) is 14.4. The number of hydrogen-bond donors (Lipinski definition) is 0. The van der Waals surface area contributed by atoms with Crippen LogP contribution in [0.25, 0.3) is 10.9 Å². The molecule has 364 valence electrons. The van der Waals surface area contributed by atoms with Gasteiger partial charge in [-0.05, 0) is 12.1 Å². The van der Waals surface area contributed by atoms with Crippen molar-refractivity contribution in [2.24, 2.45) is 0 Å². The van der Waals surface area contributed by atoms with Crippen molar-refractivity contribution in [2.45, 2.75) is 6.54 Å². The zero-order valence-electron chi connectivity index (χ0n) is 33.4. The van der Waals surface area contributed by atoms with Crippen LogP contribution in [0.5, 0.6) is 0 Å². The highest BCUT2D eigenvalue weighted by Gasteiger charge is 2.52. The predicted octanol–water partition coefficient (Wildman–Crippen LogP) is 8.32. The number of nitro groups is 1. The summed E-state index contributed by atoms with van der Waals surface area (Å²) in [6, 6.07) is 19.3. The fourth-order valence-electron chi connectivity index (χ4n) is 7.61. The number of hydrogen-bond acceptors (Lipinski definition) is 4. The van der Waals surface area contributed by atoms with E-state index in [9.17, 15) is 72.4 Å². The lowest BCUT2D eigenvalue weighted by Gasteiger charge is -2.44. The third-order valence-corrected chi connectivity index (χ3v) is 10.6. The second kappa shape index (κ2) is 19.3. The number of carbonyl (C=O) groups excluding carboxylic acids is 2. The first-order chi connectivity index (χ1) is 32.8. The van der Waals surface area contributed by atoms with Crippen molar-refractivity contribution < 1.29 is 107 Å². The Hall–Kier alpha value is -7.87. The van der Waals surface area contributed by atoms with E-state index in [2.05, 4.69) is 0 Å². The Balaban J connectivity index is 0.000000270. The number of aromatic nitrogens is 1. The predicted molar refractivity (Wildman–Crippen MR) is 200 cm³/mol. The molecule has 0 aliphatic heterocycles. The molecule has 0 radical (unpaired) electrons. The van der Waals surface area contributed by atoms with Crippen LogP contribution in [-0.4, -0.2) is 29.2 Å². The molecule has 0 N–H and O–H groups in total. The standard InChI is InChI=1S/C24BF20.C19H15N2O4/c26-5-1(6(27)14(35)21(42)13(5)34)25(2-7(28)15(36)22(43)16(37)8(2)29,3-9(30)17(38)23(44)18(39)10(3)31)4-11(32)19(40)24(45)20(41)12(4)33;22-18(15-7-2-1-3-8-15)12-20-16-9-5-4-6-14(16)10-11-17(20)19(23)13-21(24)25/h;1-11H,12-13H2/q-1;+1. The zero-order valence-corrected chi connectivity index (χ0v) is 33.4. The van der Waals surface area contributed by atoms with Gasteiger partial charge in [-0.2, -0.15) is 4.57 Å². The topological polar surface area (TPSA) is 81.2 Å². The molecule has 0 aliphatic rings. The average molecular weight is 1010 g/mol. The summed E-state index contributed by atoms with van der Waals surface area (Å²) >= 11 is 0. The fraction of sp³-hybridized carbons (Fsp3) is 0.0465. The molecule has 0 atom stereocenters. The highest BCUT2D eigenvalue weighted by atomic mass is 19.2. The first-order valence-corrected chi connectivity index (χ1v) is 18.6. The van der Waals surface area contributed by atoms with Crippen molar-refractivity contribution in [3.8, 4) is 0 Å². The molecule has 0 bridgehead atoms. The average Bonchev–Trinajstić information content (AvgIpc) is 3.34. The summed E-state index contributed by atoms with van der Waals surface area (Å²) in [5.41, 5.74) is -13.0. The summed E-state index contributed by atoms with van der Waals surface area (Å²) in [6.45, 7) is -0.873. The number of fused-ring (bicyclic) bond motifs is 1. The Kier molecular flexibility index (Phi) is 14.2. The van der Waals surface area contributed by atoms with E-state index in [1.54, 1.807) is 47.0 Å². The van der Waals surface area contributed by atoms with Crippen LogP contribution in [0.1, 0.15) is 20.8 Å². The fourth-order valence-corrected chi connectivity index (χ4v) is 7.61. The quantitative estimate of drug-likeness (QED) is 0.0202. The van der Waals surface area contributed by atoms with E-state index in [1.807, 2.05) is 18.2 Å². The maximum Gasteiger partial charge on any atom is 0.296 e. The molecular weight excluding hydrogens is 999 g/mol. The minimum absolute atomic E-state index is 0.0653. The van der Waals surface area contributed by atoms with Gasteiger partial charge in [0.25, 0.3) is 18.0 Å². The normalized spacial score (nSPS) is 11.5. The van der Waals surface area contributed by atoms with E-state index in [0.29, 0.717) is 11.1 Å². The smallest absolute Gasteiger partial charge is 0.287 e. The Morgan fingerprint density at radius 1 is 0.400 bits per heavy atom. The zero-order chi connectivity index (χ0) is 52.2. The maximum absolute atomic E-state index is 15.4. The third-order valence-electron chi connectivity index (χ3n) is 10.6. The Bertz CT molecular complexity index is 2980. The van der Waals surface area contributed by atoms with Crippen LogP contribution in [-0.2, 0) is 6.54 Å². The Morgan fingerprint density at radius 2 is 0.700 bits per heavy atom. The first kappa shape index (κ1) is 51.5. The minimum atomic E-state index is -7.22. The molecular formula is C43H15BF20N2O4. The SMILES string of the molecule is Fc1c(F)c(F)c([B-](c2c(F)c(F)c(F)c(F)c2F)(c2c(F)c(F)c(F)c(F)c2F)c2c(F)c(F)c(F)c(F)c2F)c(F)c1F.O=C(C[n+]1c(C(=O)C[N+](=O)[O-])ccc2ccccc21)c1ccccc1. The lowest BCUT2D eigenvalue weighted by Crippen LogP contribution is -2.81. The maximum atomic E-state index is 15.4. The van der Waals surface area contributed by atoms with Gasteiger partial charge in [0.1, 0.15) is 52.7 Å². The van der Waals surface area contributed by atoms with Crippen molar-refractivity contribution in [1.29, 1.82) is 0 Å². The summed E-state index contributed by atoms with van der Waals surface area (Å²) < 4.78 is 296. The number of rotatable bonds is 10. The van der Waals surface area contributed by atoms with E-state index in [0.717, 1.165) is 5.39 Å². The molecule has 1 heterocycles. The number of Topliss-reactive ketones (excluding diaryl/α,β-unsaturated/α-hetero) is 2. The number of nitrogens with zero attached hydrogens (tertiary/aromatic N) is 2. The molecule has 0 saturated heterocycles. The molecule has 0 fully saturated rings. The Morgan fingerprint density at radius 3 is 1.03 bits per heavy atom. The minimum Gasteiger partial charge on any atom is -0.287 e. The van der Waals surface area contributed by atoms with Gasteiger partial charge in [0.15, 0.2) is 69.8 Å². The van der Waals surface area contributed by atoms with Gasteiger partial charge < -0.3 is 0 Å². The lowest BCUT2D eigenvalue weighted by atomic mass is 9.12. The van der Waals surface area contributed by atoms with Crippen LogP contribution in [0.2, 0.25) is 0 Å². The van der Waals surface area contributed by atoms with E-state index in [-0.39, 0.29) is 18.0 Å². The van der Waals surface area contributed by atoms with Crippen molar-refractivity contribution >= 4 is 50.5 Å². The van der Waals surface area contributed by atoms with Crippen molar-refractivity contribution in [3.63, 3.8) is 0 Å². The van der Waals surface area contributed by atoms with Gasteiger partial charge >= 0.3 is 0 Å². The number of benzene rings is 6. The summed E-state index contributed by atoms with van der Waals surface area (Å²) in [7, 11) is 0. The van der Waals surface area contributed by atoms with E-state index >= 15 is 35.1 Å². The number of carbonyl (C=O) groups is 2. The molecule has 0 aliphatic carbocycles. The summed E-state index contributed by atoms with van der Waals surface area (Å²) in [4.78, 5) is 34.9. The highest BCUT2D eigenvalue weighted by molar-refractivity contribution is 7.20. The van der Waals surface area contributed by atoms with E-state index in [4.69, 9.17) is 0 Å². The van der Waals surface area contributed by atoms with Gasteiger partial charge in [0.05, 0.1) is 0 Å².